The molecule has 24 heavy (non-hydrogen) atoms. The molecule has 0 saturated carbocycles. The second-order valence-electron chi connectivity index (χ2n) is 6.05. The van der Waals surface area contributed by atoms with E-state index in [9.17, 15) is 18.3 Å². The molecule has 0 saturated heterocycles. The molecule has 0 rings (SSSR count). The number of hydrogen-bond donors (Lipinski definition) is 1. The van der Waals surface area contributed by atoms with Crippen molar-refractivity contribution >= 4 is 16.1 Å². The van der Waals surface area contributed by atoms with Gasteiger partial charge in [0, 0.05) is 5.97 Å². The molecule has 1 unspecified atom stereocenters. The maximum absolute atomic E-state index is 11.0. The molecule has 5 nitrogen and oxygen atoms in total. The Balaban J connectivity index is 0. The molecule has 0 aromatic rings. The quantitative estimate of drug-likeness (QED) is 0.191. The molecule has 0 radical (unpaired) electrons. The maximum atomic E-state index is 11.0. The summed E-state index contributed by atoms with van der Waals surface area (Å²) in [4.78, 5) is 11.0. The molecule has 0 aromatic carbocycles. The molecule has 1 N–H and O–H groups in total. The zero-order valence-electron chi connectivity index (χ0n) is 15.2. The molecule has 0 aromatic heterocycles. The van der Waals surface area contributed by atoms with E-state index in [4.69, 9.17) is 4.55 Å². The van der Waals surface area contributed by atoms with E-state index in [0.29, 0.717) is 6.42 Å². The van der Waals surface area contributed by atoms with Crippen LogP contribution in [0.1, 0.15) is 77.6 Å². The van der Waals surface area contributed by atoms with Crippen molar-refractivity contribution in [3.63, 3.8) is 0 Å². The summed E-state index contributed by atoms with van der Waals surface area (Å²) in [7, 11) is -4.01. The van der Waals surface area contributed by atoms with Crippen molar-refractivity contribution in [1.29, 1.82) is 0 Å². The normalized spacial score (nSPS) is 12.9. The molecule has 0 amide bonds. The summed E-state index contributed by atoms with van der Waals surface area (Å²) < 4.78 is 29.9. The third-order valence-electron chi connectivity index (χ3n) is 3.85. The Hall–Kier alpha value is 0.120. The fraction of sp³-hybridized carbons (Fsp3) is 0.824. The molecule has 0 spiro atoms. The summed E-state index contributed by atoms with van der Waals surface area (Å²) >= 11 is 0. The number of carbonyl (C=O) groups excluding carboxylic acids is 1. The fourth-order valence-corrected chi connectivity index (χ4v) is 2.99. The molecular formula is C17H31NaO5S. The maximum Gasteiger partial charge on any atom is 1.00 e. The van der Waals surface area contributed by atoms with Crippen LogP contribution in [0.2, 0.25) is 0 Å². The summed E-state index contributed by atoms with van der Waals surface area (Å²) in [6.07, 6.45) is 14.0. The van der Waals surface area contributed by atoms with Gasteiger partial charge in [-0.05, 0) is 44.4 Å². The van der Waals surface area contributed by atoms with Crippen molar-refractivity contribution < 1.29 is 52.4 Å². The molecule has 136 valence electrons. The molecule has 0 aliphatic carbocycles. The standard InChI is InChI=1S/C17H32O5S.Na/c1-2-3-4-5-6-7-8-9-10-11-13-16(17(18)19)14-12-15-23(20,21)22;/h5-6,16H,2-4,7-15H2,1H3,(H,18,19)(H,20,21,22);/q;+1/p-1/b6-5-;. The first-order valence-corrected chi connectivity index (χ1v) is 10.3. The fourth-order valence-electron chi connectivity index (χ4n) is 2.46. The first-order chi connectivity index (χ1) is 10.9. The molecule has 0 aliphatic heterocycles. The Morgan fingerprint density at radius 3 is 2.08 bits per heavy atom. The molecule has 0 fully saturated rings. The number of allylic oxidation sites excluding steroid dienone is 2. The number of aliphatic carboxylic acids is 1. The van der Waals surface area contributed by atoms with E-state index in [1.807, 2.05) is 0 Å². The number of hydrogen-bond acceptors (Lipinski definition) is 4. The Morgan fingerprint density at radius 1 is 1.00 bits per heavy atom. The Labute approximate surface area is 169 Å². The van der Waals surface area contributed by atoms with Crippen LogP contribution in [0.25, 0.3) is 0 Å². The van der Waals surface area contributed by atoms with Crippen LogP contribution in [0.4, 0.5) is 0 Å². The van der Waals surface area contributed by atoms with Gasteiger partial charge in [-0.15, -0.1) is 0 Å². The van der Waals surface area contributed by atoms with Gasteiger partial charge in [0.05, 0.1) is 5.75 Å². The van der Waals surface area contributed by atoms with E-state index in [-0.39, 0.29) is 48.2 Å². The van der Waals surface area contributed by atoms with E-state index in [0.717, 1.165) is 38.5 Å². The molecule has 0 bridgehead atoms. The largest absolute Gasteiger partial charge is 1.00 e. The molecular weight excluding hydrogens is 339 g/mol. The van der Waals surface area contributed by atoms with Gasteiger partial charge in [-0.3, -0.25) is 4.55 Å². The van der Waals surface area contributed by atoms with Crippen LogP contribution in [0.3, 0.4) is 0 Å². The molecule has 7 heteroatoms. The molecule has 1 atom stereocenters. The third-order valence-corrected chi connectivity index (χ3v) is 4.66. The monoisotopic (exact) mass is 370 g/mol. The van der Waals surface area contributed by atoms with E-state index >= 15 is 0 Å². The van der Waals surface area contributed by atoms with Gasteiger partial charge in [-0.2, -0.15) is 8.42 Å². The van der Waals surface area contributed by atoms with Crippen LogP contribution in [0.5, 0.6) is 0 Å². The zero-order valence-corrected chi connectivity index (χ0v) is 18.0. The summed E-state index contributed by atoms with van der Waals surface area (Å²) in [5, 5.41) is 11.0. The second kappa shape index (κ2) is 16.6. The van der Waals surface area contributed by atoms with Crippen LogP contribution in [-0.4, -0.2) is 24.7 Å². The Bertz CT molecular complexity index is 434. The van der Waals surface area contributed by atoms with Crippen LogP contribution in [0, 0.1) is 5.92 Å². The van der Waals surface area contributed by atoms with Gasteiger partial charge < -0.3 is 9.90 Å². The average Bonchev–Trinajstić information content (AvgIpc) is 2.45. The molecule has 0 aliphatic rings. The number of carbonyl (C=O) groups is 1. The topological polar surface area (TPSA) is 94.5 Å². The smallest absolute Gasteiger partial charge is 0.550 e. The van der Waals surface area contributed by atoms with Crippen LogP contribution >= 0.6 is 0 Å². The zero-order chi connectivity index (χ0) is 17.6. The minimum Gasteiger partial charge on any atom is -0.550 e. The van der Waals surface area contributed by atoms with Crippen molar-refractivity contribution in [3.05, 3.63) is 12.2 Å². The van der Waals surface area contributed by atoms with Crippen LogP contribution in [-0.2, 0) is 14.9 Å². The number of rotatable bonds is 15. The number of carboxylic acid groups (broad SMARTS) is 1. The van der Waals surface area contributed by atoms with Gasteiger partial charge in [0.2, 0.25) is 0 Å². The van der Waals surface area contributed by atoms with Gasteiger partial charge in [0.25, 0.3) is 10.1 Å². The van der Waals surface area contributed by atoms with E-state index < -0.39 is 22.0 Å². The van der Waals surface area contributed by atoms with Crippen molar-refractivity contribution in [2.45, 2.75) is 77.6 Å². The van der Waals surface area contributed by atoms with Gasteiger partial charge in [-0.1, -0.05) is 51.2 Å². The predicted molar refractivity (Wildman–Crippen MR) is 90.5 cm³/mol. The summed E-state index contributed by atoms with van der Waals surface area (Å²) in [5.41, 5.74) is 0. The summed E-state index contributed by atoms with van der Waals surface area (Å²) in [5.74, 6) is -2.13. The summed E-state index contributed by atoms with van der Waals surface area (Å²) in [6, 6.07) is 0. The Morgan fingerprint density at radius 2 is 1.54 bits per heavy atom. The Kier molecular flexibility index (Phi) is 18.2. The van der Waals surface area contributed by atoms with Crippen molar-refractivity contribution in [1.82, 2.24) is 0 Å². The first-order valence-electron chi connectivity index (χ1n) is 8.67. The average molecular weight is 370 g/mol. The van der Waals surface area contributed by atoms with E-state index in [1.165, 1.54) is 12.8 Å². The van der Waals surface area contributed by atoms with Gasteiger partial charge in [0.15, 0.2) is 0 Å². The summed E-state index contributed by atoms with van der Waals surface area (Å²) in [6.45, 7) is 2.18. The van der Waals surface area contributed by atoms with E-state index in [2.05, 4.69) is 19.1 Å². The minimum absolute atomic E-state index is 0. The molecule has 0 heterocycles. The van der Waals surface area contributed by atoms with Crippen LogP contribution < -0.4 is 34.7 Å². The van der Waals surface area contributed by atoms with Gasteiger partial charge >= 0.3 is 29.6 Å². The van der Waals surface area contributed by atoms with Crippen LogP contribution in [0.15, 0.2) is 12.2 Å². The van der Waals surface area contributed by atoms with Gasteiger partial charge in [0.1, 0.15) is 0 Å². The minimum atomic E-state index is -4.01. The van der Waals surface area contributed by atoms with Crippen molar-refractivity contribution in [2.24, 2.45) is 5.92 Å². The predicted octanol–water partition coefficient (Wildman–Crippen LogP) is 0.112. The van der Waals surface area contributed by atoms with Crippen molar-refractivity contribution in [3.8, 4) is 0 Å². The van der Waals surface area contributed by atoms with Gasteiger partial charge in [-0.25, -0.2) is 0 Å². The third kappa shape index (κ3) is 18.5. The van der Waals surface area contributed by atoms with E-state index in [1.54, 1.807) is 0 Å². The SMILES string of the molecule is CCCC/C=C\CCCCCCC(CCCS(=O)(=O)O)C(=O)[O-].[Na+]. The second-order valence-corrected chi connectivity index (χ2v) is 7.62. The number of unbranched alkanes of at least 4 members (excludes halogenated alkanes) is 6. The number of carboxylic acids is 1. The first kappa shape index (κ1) is 26.4. The van der Waals surface area contributed by atoms with Crippen molar-refractivity contribution in [2.75, 3.05) is 5.75 Å².